The van der Waals surface area contributed by atoms with E-state index >= 15 is 0 Å². The molecule has 0 fully saturated rings. The summed E-state index contributed by atoms with van der Waals surface area (Å²) in [5.74, 6) is 0.114. The molecule has 1 heterocycles. The number of nitrogens with zero attached hydrogens (tertiary/aromatic N) is 2. The number of hydrogen-bond donors (Lipinski definition) is 3. The van der Waals surface area contributed by atoms with Gasteiger partial charge in [-0.15, -0.1) is 0 Å². The number of anilines is 1. The molecule has 28 heavy (non-hydrogen) atoms. The molecule has 0 saturated carbocycles. The summed E-state index contributed by atoms with van der Waals surface area (Å²) >= 11 is 0. The summed E-state index contributed by atoms with van der Waals surface area (Å²) in [6, 6.07) is 22.2. The van der Waals surface area contributed by atoms with Crippen LogP contribution in [-0.4, -0.2) is 17.0 Å². The molecule has 0 aliphatic carbocycles. The second-order valence-corrected chi connectivity index (χ2v) is 6.14. The zero-order valence-corrected chi connectivity index (χ0v) is 14.8. The number of rotatable bonds is 4. The fourth-order valence-corrected chi connectivity index (χ4v) is 2.89. The Kier molecular flexibility index (Phi) is 4.47. The van der Waals surface area contributed by atoms with Crippen LogP contribution in [0.2, 0.25) is 0 Å². The van der Waals surface area contributed by atoms with Crippen LogP contribution in [0.5, 0.6) is 0 Å². The van der Waals surface area contributed by atoms with E-state index in [1.807, 2.05) is 42.5 Å². The predicted molar refractivity (Wildman–Crippen MR) is 109 cm³/mol. The van der Waals surface area contributed by atoms with Gasteiger partial charge < -0.3 is 21.3 Å². The van der Waals surface area contributed by atoms with Crippen molar-refractivity contribution in [1.82, 2.24) is 5.16 Å². The Morgan fingerprint density at radius 3 is 2.50 bits per heavy atom. The summed E-state index contributed by atoms with van der Waals surface area (Å²) < 4.78 is 5.32. The van der Waals surface area contributed by atoms with E-state index in [4.69, 9.17) is 16.0 Å². The highest BCUT2D eigenvalue weighted by Crippen LogP contribution is 2.26. The first-order valence-electron chi connectivity index (χ1n) is 8.56. The smallest absolute Gasteiger partial charge is 0.277 e. The molecule has 5 N–H and O–H groups in total. The van der Waals surface area contributed by atoms with Crippen LogP contribution in [0, 0.1) is 0 Å². The van der Waals surface area contributed by atoms with Gasteiger partial charge in [0, 0.05) is 22.7 Å². The molecule has 0 unspecified atom stereocenters. The Bertz CT molecular complexity index is 1170. The molecule has 0 bridgehead atoms. The van der Waals surface area contributed by atoms with Gasteiger partial charge in [0.25, 0.3) is 5.91 Å². The lowest BCUT2D eigenvalue weighted by molar-refractivity contribution is 0.101. The van der Waals surface area contributed by atoms with Gasteiger partial charge in [0.15, 0.2) is 17.4 Å². The molecule has 0 radical (unpaired) electrons. The van der Waals surface area contributed by atoms with Gasteiger partial charge in [0.1, 0.15) is 0 Å². The molecule has 0 atom stereocenters. The van der Waals surface area contributed by atoms with Gasteiger partial charge in [-0.25, -0.2) is 4.99 Å². The lowest BCUT2D eigenvalue weighted by Gasteiger charge is -2.06. The van der Waals surface area contributed by atoms with Gasteiger partial charge in [-0.05, 0) is 35.7 Å². The molecule has 4 rings (SSSR count). The standard InChI is InChI=1S/C21H17N5O2/c22-21(23)24-15-10-8-14(9-11-15)19-12-18(26-28-19)20(27)25-17-7-3-5-13-4-1-2-6-16(13)17/h1-12H,(H,25,27)(H4,22,23,24). The third kappa shape index (κ3) is 3.54. The third-order valence-electron chi connectivity index (χ3n) is 4.19. The van der Waals surface area contributed by atoms with Crippen molar-refractivity contribution in [1.29, 1.82) is 0 Å². The van der Waals surface area contributed by atoms with E-state index in [1.54, 1.807) is 30.3 Å². The van der Waals surface area contributed by atoms with Crippen LogP contribution in [0.3, 0.4) is 0 Å². The number of benzene rings is 3. The van der Waals surface area contributed by atoms with E-state index in [2.05, 4.69) is 15.5 Å². The van der Waals surface area contributed by atoms with Gasteiger partial charge in [0.2, 0.25) is 0 Å². The number of aliphatic imine (C=N–C) groups is 1. The monoisotopic (exact) mass is 371 g/mol. The number of guanidine groups is 1. The number of nitrogens with one attached hydrogen (secondary N) is 1. The van der Waals surface area contributed by atoms with Crippen LogP contribution in [0.1, 0.15) is 10.5 Å². The summed E-state index contributed by atoms with van der Waals surface area (Å²) in [5, 5.41) is 8.77. The first-order chi connectivity index (χ1) is 13.6. The first-order valence-corrected chi connectivity index (χ1v) is 8.56. The Morgan fingerprint density at radius 2 is 1.71 bits per heavy atom. The molecule has 0 aliphatic rings. The van der Waals surface area contributed by atoms with E-state index in [9.17, 15) is 4.79 Å². The molecule has 138 valence electrons. The number of carbonyl (C=O) groups excluding carboxylic acids is 1. The molecule has 3 aromatic carbocycles. The van der Waals surface area contributed by atoms with Gasteiger partial charge in [0.05, 0.1) is 5.69 Å². The van der Waals surface area contributed by atoms with Crippen LogP contribution in [0.4, 0.5) is 11.4 Å². The quantitative estimate of drug-likeness (QED) is 0.374. The normalized spacial score (nSPS) is 10.6. The van der Waals surface area contributed by atoms with Crippen LogP contribution >= 0.6 is 0 Å². The second kappa shape index (κ2) is 7.24. The van der Waals surface area contributed by atoms with Crippen LogP contribution in [-0.2, 0) is 0 Å². The maximum absolute atomic E-state index is 12.6. The fourth-order valence-electron chi connectivity index (χ4n) is 2.89. The van der Waals surface area contributed by atoms with E-state index in [0.29, 0.717) is 17.1 Å². The molecule has 7 nitrogen and oxygen atoms in total. The van der Waals surface area contributed by atoms with E-state index in [-0.39, 0.29) is 17.6 Å². The largest absolute Gasteiger partial charge is 0.370 e. The van der Waals surface area contributed by atoms with Crippen LogP contribution in [0.15, 0.2) is 82.3 Å². The molecule has 1 aromatic heterocycles. The predicted octanol–water partition coefficient (Wildman–Crippen LogP) is 3.65. The molecule has 0 aliphatic heterocycles. The first kappa shape index (κ1) is 17.3. The number of aromatic nitrogens is 1. The van der Waals surface area contributed by atoms with Crippen LogP contribution in [0.25, 0.3) is 22.1 Å². The van der Waals surface area contributed by atoms with Crippen molar-refractivity contribution < 1.29 is 9.32 Å². The highest BCUT2D eigenvalue weighted by Gasteiger charge is 2.15. The lowest BCUT2D eigenvalue weighted by atomic mass is 10.1. The zero-order chi connectivity index (χ0) is 19.5. The average Bonchev–Trinajstić information content (AvgIpc) is 3.19. The summed E-state index contributed by atoms with van der Waals surface area (Å²) in [6.45, 7) is 0. The number of hydrogen-bond acceptors (Lipinski definition) is 4. The molecule has 4 aromatic rings. The van der Waals surface area contributed by atoms with Crippen molar-refractivity contribution >= 4 is 34.0 Å². The van der Waals surface area contributed by atoms with Crippen molar-refractivity contribution in [3.63, 3.8) is 0 Å². The maximum Gasteiger partial charge on any atom is 0.277 e. The Hall–Kier alpha value is -4.13. The summed E-state index contributed by atoms with van der Waals surface area (Å²) in [5.41, 5.74) is 13.0. The molecular formula is C21H17N5O2. The fraction of sp³-hybridized carbons (Fsp3) is 0. The van der Waals surface area contributed by atoms with Crippen molar-refractivity contribution in [3.05, 3.63) is 78.5 Å². The number of carbonyl (C=O) groups is 1. The molecule has 7 heteroatoms. The molecular weight excluding hydrogens is 354 g/mol. The Morgan fingerprint density at radius 1 is 0.964 bits per heavy atom. The van der Waals surface area contributed by atoms with Gasteiger partial charge in [-0.1, -0.05) is 41.6 Å². The van der Waals surface area contributed by atoms with Crippen LogP contribution < -0.4 is 16.8 Å². The average molecular weight is 371 g/mol. The second-order valence-electron chi connectivity index (χ2n) is 6.14. The van der Waals surface area contributed by atoms with Crippen molar-refractivity contribution in [3.8, 4) is 11.3 Å². The third-order valence-corrected chi connectivity index (χ3v) is 4.19. The topological polar surface area (TPSA) is 120 Å². The van der Waals surface area contributed by atoms with E-state index < -0.39 is 0 Å². The highest BCUT2D eigenvalue weighted by atomic mass is 16.5. The number of amides is 1. The summed E-state index contributed by atoms with van der Waals surface area (Å²) in [7, 11) is 0. The highest BCUT2D eigenvalue weighted by molar-refractivity contribution is 6.08. The zero-order valence-electron chi connectivity index (χ0n) is 14.8. The Balaban J connectivity index is 1.55. The summed E-state index contributed by atoms with van der Waals surface area (Å²) in [4.78, 5) is 16.6. The number of fused-ring (bicyclic) bond motifs is 1. The van der Waals surface area contributed by atoms with Crippen molar-refractivity contribution in [2.45, 2.75) is 0 Å². The van der Waals surface area contributed by atoms with Gasteiger partial charge in [-0.2, -0.15) is 0 Å². The van der Waals surface area contributed by atoms with Crippen molar-refractivity contribution in [2.24, 2.45) is 16.5 Å². The molecule has 0 spiro atoms. The molecule has 1 amide bonds. The van der Waals surface area contributed by atoms with Gasteiger partial charge in [-0.3, -0.25) is 4.79 Å². The lowest BCUT2D eigenvalue weighted by Crippen LogP contribution is -2.21. The Labute approximate surface area is 160 Å². The van der Waals surface area contributed by atoms with E-state index in [1.165, 1.54) is 0 Å². The number of nitrogens with two attached hydrogens (primary N) is 2. The summed E-state index contributed by atoms with van der Waals surface area (Å²) in [6.07, 6.45) is 0. The SMILES string of the molecule is NC(N)=Nc1ccc(-c2cc(C(=O)Nc3cccc4ccccc34)no2)cc1. The van der Waals surface area contributed by atoms with Crippen molar-refractivity contribution in [2.75, 3.05) is 5.32 Å². The van der Waals surface area contributed by atoms with E-state index in [0.717, 1.165) is 16.3 Å². The minimum Gasteiger partial charge on any atom is -0.370 e. The minimum atomic E-state index is -0.344. The van der Waals surface area contributed by atoms with Gasteiger partial charge >= 0.3 is 0 Å². The minimum absolute atomic E-state index is 0.0141. The molecule has 0 saturated heterocycles. The maximum atomic E-state index is 12.6.